The normalized spacial score (nSPS) is 17.7. The second-order valence-corrected chi connectivity index (χ2v) is 6.55. The highest BCUT2D eigenvalue weighted by atomic mass is 32.1. The third kappa shape index (κ3) is 4.18. The van der Waals surface area contributed by atoms with Crippen LogP contribution in [0.15, 0.2) is 35.7 Å². The number of aliphatic carboxylic acids is 1. The first-order valence-electron chi connectivity index (χ1n) is 7.71. The molecular formula is C17H18N2O4S. The molecule has 1 fully saturated rings. The van der Waals surface area contributed by atoms with Crippen LogP contribution >= 0.6 is 11.3 Å². The number of nitrogens with zero attached hydrogens (tertiary/aromatic N) is 2. The lowest BCUT2D eigenvalue weighted by atomic mass is 10.2. The molecule has 1 N–H and O–H groups in total. The Balaban J connectivity index is 1.58. The van der Waals surface area contributed by atoms with E-state index in [0.717, 1.165) is 17.1 Å². The van der Waals surface area contributed by atoms with Gasteiger partial charge in [0.1, 0.15) is 0 Å². The molecule has 2 aromatic rings. The molecule has 1 aliphatic rings. The summed E-state index contributed by atoms with van der Waals surface area (Å²) in [4.78, 5) is 29.4. The van der Waals surface area contributed by atoms with E-state index < -0.39 is 12.1 Å². The number of amides is 1. The summed E-state index contributed by atoms with van der Waals surface area (Å²) in [5, 5.41) is 11.9. The highest BCUT2D eigenvalue weighted by Crippen LogP contribution is 2.16. The molecule has 126 valence electrons. The van der Waals surface area contributed by atoms with Gasteiger partial charge >= 0.3 is 5.97 Å². The first kappa shape index (κ1) is 16.6. The Labute approximate surface area is 143 Å². The van der Waals surface area contributed by atoms with Gasteiger partial charge in [0.05, 0.1) is 30.3 Å². The molecule has 1 atom stereocenters. The molecule has 7 heteroatoms. The minimum absolute atomic E-state index is 0.0924. The Morgan fingerprint density at radius 2 is 2.12 bits per heavy atom. The number of aromatic nitrogens is 1. The largest absolute Gasteiger partial charge is 0.479 e. The zero-order chi connectivity index (χ0) is 16.9. The van der Waals surface area contributed by atoms with Crippen LogP contribution in [0.4, 0.5) is 0 Å². The van der Waals surface area contributed by atoms with E-state index in [1.165, 1.54) is 16.9 Å². The maximum absolute atomic E-state index is 12.3. The zero-order valence-electron chi connectivity index (χ0n) is 13.1. The highest BCUT2D eigenvalue weighted by molar-refractivity contribution is 7.09. The van der Waals surface area contributed by atoms with Crippen molar-refractivity contribution >= 4 is 23.2 Å². The van der Waals surface area contributed by atoms with Crippen molar-refractivity contribution in [2.45, 2.75) is 18.9 Å². The Bertz CT molecular complexity index is 716. The molecule has 1 amide bonds. The Morgan fingerprint density at radius 1 is 1.33 bits per heavy atom. The lowest BCUT2D eigenvalue weighted by Crippen LogP contribution is -2.49. The number of hydrogen-bond acceptors (Lipinski definition) is 5. The molecular weight excluding hydrogens is 328 g/mol. The monoisotopic (exact) mass is 346 g/mol. The van der Waals surface area contributed by atoms with Crippen LogP contribution in [0.1, 0.15) is 16.3 Å². The quantitative estimate of drug-likeness (QED) is 0.889. The van der Waals surface area contributed by atoms with Crippen molar-refractivity contribution in [2.75, 3.05) is 19.7 Å². The van der Waals surface area contributed by atoms with Crippen molar-refractivity contribution < 1.29 is 19.4 Å². The minimum atomic E-state index is -1.04. The van der Waals surface area contributed by atoms with E-state index in [4.69, 9.17) is 9.84 Å². The van der Waals surface area contributed by atoms with Crippen LogP contribution in [0, 0.1) is 0 Å². The number of thiazole rings is 1. The number of carbonyl (C=O) groups excluding carboxylic acids is 1. The molecule has 24 heavy (non-hydrogen) atoms. The maximum Gasteiger partial charge on any atom is 0.334 e. The Morgan fingerprint density at radius 3 is 2.88 bits per heavy atom. The minimum Gasteiger partial charge on any atom is -0.479 e. The van der Waals surface area contributed by atoms with Crippen LogP contribution in [0.25, 0.3) is 0 Å². The predicted octanol–water partition coefficient (Wildman–Crippen LogP) is 1.59. The first-order chi connectivity index (χ1) is 11.6. The molecule has 2 heterocycles. The topological polar surface area (TPSA) is 79.7 Å². The number of morpholine rings is 1. The van der Waals surface area contributed by atoms with E-state index in [1.807, 2.05) is 35.7 Å². The number of hydrogen-bond donors (Lipinski definition) is 1. The average Bonchev–Trinajstić information content (AvgIpc) is 3.02. The lowest BCUT2D eigenvalue weighted by molar-refractivity contribution is -0.159. The number of carbonyl (C=O) groups is 2. The van der Waals surface area contributed by atoms with Gasteiger partial charge < -0.3 is 14.7 Å². The van der Waals surface area contributed by atoms with E-state index >= 15 is 0 Å². The van der Waals surface area contributed by atoms with E-state index in [0.29, 0.717) is 6.54 Å². The van der Waals surface area contributed by atoms with Crippen LogP contribution in [-0.2, 0) is 27.2 Å². The third-order valence-corrected chi connectivity index (χ3v) is 4.72. The second-order valence-electron chi connectivity index (χ2n) is 5.61. The highest BCUT2D eigenvalue weighted by Gasteiger charge is 2.29. The maximum atomic E-state index is 12.3. The number of rotatable bonds is 5. The van der Waals surface area contributed by atoms with Gasteiger partial charge in [-0.15, -0.1) is 11.3 Å². The summed E-state index contributed by atoms with van der Waals surface area (Å²) in [5.41, 5.74) is 1.91. The van der Waals surface area contributed by atoms with Crippen molar-refractivity contribution in [3.63, 3.8) is 0 Å². The number of ether oxygens (including phenoxy) is 1. The SMILES string of the molecule is O=C(O)[C@H]1CN(C(=O)Cc2csc(Cc3ccccc3)n2)CCO1. The van der Waals surface area contributed by atoms with Gasteiger partial charge in [-0.1, -0.05) is 30.3 Å². The van der Waals surface area contributed by atoms with Gasteiger partial charge in [-0.25, -0.2) is 9.78 Å². The molecule has 0 bridgehead atoms. The summed E-state index contributed by atoms with van der Waals surface area (Å²) in [6, 6.07) is 10.1. The van der Waals surface area contributed by atoms with Crippen LogP contribution in [0.3, 0.4) is 0 Å². The standard InChI is InChI=1S/C17H18N2O4S/c20-16(19-6-7-23-14(10-19)17(21)22)9-13-11-24-15(18-13)8-12-4-2-1-3-5-12/h1-5,11,14H,6-10H2,(H,21,22)/t14-/m1/s1. The summed E-state index contributed by atoms with van der Waals surface area (Å²) in [6.07, 6.45) is 0.00227. The van der Waals surface area contributed by atoms with Gasteiger partial charge in [0.2, 0.25) is 5.91 Å². The number of carboxylic acid groups (broad SMARTS) is 1. The molecule has 1 aromatic heterocycles. The van der Waals surface area contributed by atoms with Gasteiger partial charge in [-0.05, 0) is 5.56 Å². The fraction of sp³-hybridized carbons (Fsp3) is 0.353. The van der Waals surface area contributed by atoms with Crippen LogP contribution in [-0.4, -0.2) is 52.7 Å². The van der Waals surface area contributed by atoms with E-state index in [9.17, 15) is 9.59 Å². The van der Waals surface area contributed by atoms with E-state index in [-0.39, 0.29) is 25.5 Å². The van der Waals surface area contributed by atoms with Crippen molar-refractivity contribution in [1.82, 2.24) is 9.88 Å². The number of benzene rings is 1. The van der Waals surface area contributed by atoms with Gasteiger partial charge in [0.15, 0.2) is 6.10 Å². The molecule has 3 rings (SSSR count). The van der Waals surface area contributed by atoms with Gasteiger partial charge in [-0.3, -0.25) is 4.79 Å². The number of carboxylic acids is 1. The third-order valence-electron chi connectivity index (χ3n) is 3.82. The first-order valence-corrected chi connectivity index (χ1v) is 8.59. The Hall–Kier alpha value is -2.25. The molecule has 0 saturated carbocycles. The molecule has 0 aliphatic carbocycles. The fourth-order valence-corrected chi connectivity index (χ4v) is 3.40. The van der Waals surface area contributed by atoms with Gasteiger partial charge in [0, 0.05) is 18.3 Å². The van der Waals surface area contributed by atoms with Gasteiger partial charge in [-0.2, -0.15) is 0 Å². The van der Waals surface area contributed by atoms with E-state index in [2.05, 4.69) is 4.98 Å². The summed E-state index contributed by atoms with van der Waals surface area (Å²) < 4.78 is 5.13. The summed E-state index contributed by atoms with van der Waals surface area (Å²) in [6.45, 7) is 0.762. The van der Waals surface area contributed by atoms with Crippen LogP contribution in [0.2, 0.25) is 0 Å². The van der Waals surface area contributed by atoms with Crippen LogP contribution in [0.5, 0.6) is 0 Å². The second kappa shape index (κ2) is 7.55. The molecule has 1 saturated heterocycles. The molecule has 0 radical (unpaired) electrons. The Kier molecular flexibility index (Phi) is 5.22. The van der Waals surface area contributed by atoms with Crippen molar-refractivity contribution in [3.05, 3.63) is 52.0 Å². The molecule has 1 aromatic carbocycles. The summed E-state index contributed by atoms with van der Waals surface area (Å²) in [5.74, 6) is -1.15. The van der Waals surface area contributed by atoms with Crippen LogP contribution < -0.4 is 0 Å². The zero-order valence-corrected chi connectivity index (χ0v) is 13.9. The molecule has 1 aliphatic heterocycles. The summed E-state index contributed by atoms with van der Waals surface area (Å²) in [7, 11) is 0. The smallest absolute Gasteiger partial charge is 0.334 e. The fourth-order valence-electron chi connectivity index (χ4n) is 2.57. The van der Waals surface area contributed by atoms with E-state index in [1.54, 1.807) is 4.90 Å². The molecule has 0 spiro atoms. The van der Waals surface area contributed by atoms with Gasteiger partial charge in [0.25, 0.3) is 0 Å². The van der Waals surface area contributed by atoms with Crippen molar-refractivity contribution in [2.24, 2.45) is 0 Å². The molecule has 0 unspecified atom stereocenters. The summed E-state index contributed by atoms with van der Waals surface area (Å²) >= 11 is 1.54. The average molecular weight is 346 g/mol. The predicted molar refractivity (Wildman–Crippen MR) is 89.0 cm³/mol. The van der Waals surface area contributed by atoms with Crippen molar-refractivity contribution in [3.8, 4) is 0 Å². The lowest BCUT2D eigenvalue weighted by Gasteiger charge is -2.30. The molecule has 6 nitrogen and oxygen atoms in total. The van der Waals surface area contributed by atoms with Crippen molar-refractivity contribution in [1.29, 1.82) is 0 Å².